The van der Waals surface area contributed by atoms with E-state index in [1.807, 2.05) is 0 Å². The summed E-state index contributed by atoms with van der Waals surface area (Å²) in [6.07, 6.45) is 0.392. The third kappa shape index (κ3) is 2.74. The van der Waals surface area contributed by atoms with E-state index in [9.17, 15) is 13.8 Å². The number of hydrogen-bond donors (Lipinski definition) is 3. The van der Waals surface area contributed by atoms with Gasteiger partial charge in [-0.3, -0.25) is 14.1 Å². The summed E-state index contributed by atoms with van der Waals surface area (Å²) in [4.78, 5) is 23.8. The third-order valence-corrected chi connectivity index (χ3v) is 2.85. The van der Waals surface area contributed by atoms with E-state index in [1.54, 1.807) is 0 Å². The van der Waals surface area contributed by atoms with Gasteiger partial charge >= 0.3 is 0 Å². The van der Waals surface area contributed by atoms with Gasteiger partial charge in [-0.1, -0.05) is 0 Å². The summed E-state index contributed by atoms with van der Waals surface area (Å²) in [5.74, 6) is -0.960. The second kappa shape index (κ2) is 4.69. The molecule has 1 heterocycles. The van der Waals surface area contributed by atoms with Crippen LogP contribution >= 0.6 is 0 Å². The van der Waals surface area contributed by atoms with Crippen molar-refractivity contribution in [2.75, 3.05) is 6.54 Å². The van der Waals surface area contributed by atoms with Crippen molar-refractivity contribution in [3.63, 3.8) is 0 Å². The van der Waals surface area contributed by atoms with E-state index < -0.39 is 29.3 Å². The SMILES string of the molecule is CC(C(N)=O)N1CCC(NS(=O)O)C1=O. The average Bonchev–Trinajstić information content (AvgIpc) is 2.46. The van der Waals surface area contributed by atoms with Crippen molar-refractivity contribution < 1.29 is 18.4 Å². The molecule has 3 atom stereocenters. The van der Waals surface area contributed by atoms with Gasteiger partial charge in [0, 0.05) is 6.54 Å². The second-order valence-electron chi connectivity index (χ2n) is 3.32. The van der Waals surface area contributed by atoms with Crippen molar-refractivity contribution in [2.24, 2.45) is 5.73 Å². The minimum absolute atomic E-state index is 0.359. The molecule has 0 saturated carbocycles. The maximum atomic E-state index is 11.6. The minimum atomic E-state index is -2.23. The van der Waals surface area contributed by atoms with Gasteiger partial charge < -0.3 is 10.6 Å². The maximum Gasteiger partial charge on any atom is 0.241 e. The van der Waals surface area contributed by atoms with E-state index in [4.69, 9.17) is 10.3 Å². The molecule has 1 saturated heterocycles. The Balaban J connectivity index is 2.63. The first-order chi connectivity index (χ1) is 6.93. The molecular formula is C7H13N3O4S. The van der Waals surface area contributed by atoms with Crippen molar-refractivity contribution >= 4 is 23.1 Å². The molecule has 0 radical (unpaired) electrons. The standard InChI is InChI=1S/C7H13N3O4S/c1-4(6(8)11)10-3-2-5(7(10)12)9-15(13)14/h4-5,9H,2-3H2,1H3,(H2,8,11)(H,13,14). The normalized spacial score (nSPS) is 25.3. The highest BCUT2D eigenvalue weighted by molar-refractivity contribution is 7.77. The molecule has 8 heteroatoms. The predicted octanol–water partition coefficient (Wildman–Crippen LogP) is -1.81. The molecule has 0 bridgehead atoms. The van der Waals surface area contributed by atoms with Crippen LogP contribution in [0, 0.1) is 0 Å². The van der Waals surface area contributed by atoms with Crippen LogP contribution in [0.15, 0.2) is 0 Å². The lowest BCUT2D eigenvalue weighted by Gasteiger charge is -2.21. The highest BCUT2D eigenvalue weighted by Crippen LogP contribution is 2.14. The zero-order chi connectivity index (χ0) is 11.6. The molecule has 0 aromatic rings. The fraction of sp³-hybridized carbons (Fsp3) is 0.714. The summed E-state index contributed by atoms with van der Waals surface area (Å²) in [7, 11) is 0. The minimum Gasteiger partial charge on any atom is -0.368 e. The molecule has 1 fully saturated rings. The quantitative estimate of drug-likeness (QED) is 0.498. The van der Waals surface area contributed by atoms with Gasteiger partial charge in [-0.15, -0.1) is 0 Å². The van der Waals surface area contributed by atoms with Crippen LogP contribution in [0.2, 0.25) is 0 Å². The molecule has 0 spiro atoms. The number of carbonyl (C=O) groups is 2. The van der Waals surface area contributed by atoms with E-state index >= 15 is 0 Å². The van der Waals surface area contributed by atoms with Gasteiger partial charge in [-0.2, -0.15) is 0 Å². The van der Waals surface area contributed by atoms with Gasteiger partial charge in [0.1, 0.15) is 12.1 Å². The molecule has 1 rings (SSSR count). The van der Waals surface area contributed by atoms with Gasteiger partial charge in [-0.25, -0.2) is 8.93 Å². The molecule has 0 aliphatic carbocycles. The molecule has 3 unspecified atom stereocenters. The van der Waals surface area contributed by atoms with Crippen molar-refractivity contribution in [2.45, 2.75) is 25.4 Å². The van der Waals surface area contributed by atoms with Gasteiger partial charge in [0.05, 0.1) is 0 Å². The Hall–Kier alpha value is -0.990. The van der Waals surface area contributed by atoms with Crippen LogP contribution in [-0.2, 0) is 20.9 Å². The van der Waals surface area contributed by atoms with Crippen LogP contribution < -0.4 is 10.5 Å². The smallest absolute Gasteiger partial charge is 0.241 e. The Morgan fingerprint density at radius 3 is 2.87 bits per heavy atom. The number of carbonyl (C=O) groups excluding carboxylic acids is 2. The summed E-state index contributed by atoms with van der Waals surface area (Å²) in [5, 5.41) is 0. The number of nitrogens with zero attached hydrogens (tertiary/aromatic N) is 1. The summed E-state index contributed by atoms with van der Waals surface area (Å²) < 4.78 is 21.2. The highest BCUT2D eigenvalue weighted by Gasteiger charge is 2.36. The Bertz CT molecular complexity index is 309. The lowest BCUT2D eigenvalue weighted by molar-refractivity contribution is -0.136. The van der Waals surface area contributed by atoms with Crippen molar-refractivity contribution in [3.8, 4) is 0 Å². The van der Waals surface area contributed by atoms with Gasteiger partial charge in [-0.05, 0) is 13.3 Å². The summed E-state index contributed by atoms with van der Waals surface area (Å²) in [6.45, 7) is 1.89. The molecule has 0 aromatic carbocycles. The number of hydrogen-bond acceptors (Lipinski definition) is 3. The first kappa shape index (κ1) is 12.1. The lowest BCUT2D eigenvalue weighted by Crippen LogP contribution is -2.47. The number of nitrogens with two attached hydrogens (primary N) is 1. The summed E-state index contributed by atoms with van der Waals surface area (Å²) >= 11 is -2.23. The molecule has 4 N–H and O–H groups in total. The highest BCUT2D eigenvalue weighted by atomic mass is 32.2. The largest absolute Gasteiger partial charge is 0.368 e. The van der Waals surface area contributed by atoms with E-state index in [2.05, 4.69) is 4.72 Å². The van der Waals surface area contributed by atoms with E-state index in [1.165, 1.54) is 11.8 Å². The van der Waals surface area contributed by atoms with E-state index in [0.29, 0.717) is 13.0 Å². The zero-order valence-corrected chi connectivity index (χ0v) is 8.99. The number of nitrogens with one attached hydrogen (secondary N) is 1. The Kier molecular flexibility index (Phi) is 3.77. The molecule has 15 heavy (non-hydrogen) atoms. The number of rotatable bonds is 4. The molecule has 2 amide bonds. The molecule has 7 nitrogen and oxygen atoms in total. The molecular weight excluding hydrogens is 222 g/mol. The molecule has 1 aliphatic rings. The van der Waals surface area contributed by atoms with Gasteiger partial charge in [0.2, 0.25) is 23.1 Å². The maximum absolute atomic E-state index is 11.6. The zero-order valence-electron chi connectivity index (χ0n) is 8.17. The lowest BCUT2D eigenvalue weighted by atomic mass is 10.3. The number of amides is 2. The van der Waals surface area contributed by atoms with Gasteiger partial charge in [0.15, 0.2) is 0 Å². The van der Waals surface area contributed by atoms with Crippen LogP contribution in [0.3, 0.4) is 0 Å². The number of likely N-dealkylation sites (tertiary alicyclic amines) is 1. The fourth-order valence-corrected chi connectivity index (χ4v) is 1.93. The van der Waals surface area contributed by atoms with Crippen LogP contribution in [0.1, 0.15) is 13.3 Å². The fourth-order valence-electron chi connectivity index (χ4n) is 1.47. The van der Waals surface area contributed by atoms with E-state index in [0.717, 1.165) is 0 Å². The average molecular weight is 235 g/mol. The van der Waals surface area contributed by atoms with E-state index in [-0.39, 0.29) is 5.91 Å². The predicted molar refractivity (Wildman–Crippen MR) is 52.7 cm³/mol. The number of primary amides is 1. The topological polar surface area (TPSA) is 113 Å². The Labute approximate surface area is 89.4 Å². The second-order valence-corrected chi connectivity index (χ2v) is 4.05. The molecule has 0 aromatic heterocycles. The van der Waals surface area contributed by atoms with Crippen molar-refractivity contribution in [1.82, 2.24) is 9.62 Å². The van der Waals surface area contributed by atoms with Crippen LogP contribution in [0.25, 0.3) is 0 Å². The van der Waals surface area contributed by atoms with Crippen molar-refractivity contribution in [3.05, 3.63) is 0 Å². The van der Waals surface area contributed by atoms with Crippen LogP contribution in [-0.4, -0.2) is 44.1 Å². The molecule has 86 valence electrons. The van der Waals surface area contributed by atoms with Crippen molar-refractivity contribution in [1.29, 1.82) is 0 Å². The first-order valence-corrected chi connectivity index (χ1v) is 5.51. The molecule has 1 aliphatic heterocycles. The summed E-state index contributed by atoms with van der Waals surface area (Å²) in [5.41, 5.74) is 5.06. The van der Waals surface area contributed by atoms with Crippen LogP contribution in [0.5, 0.6) is 0 Å². The Morgan fingerprint density at radius 2 is 2.40 bits per heavy atom. The first-order valence-electron chi connectivity index (χ1n) is 4.40. The third-order valence-electron chi connectivity index (χ3n) is 2.36. The Morgan fingerprint density at radius 1 is 1.80 bits per heavy atom. The summed E-state index contributed by atoms with van der Waals surface area (Å²) in [6, 6.07) is -1.39. The monoisotopic (exact) mass is 235 g/mol. The van der Waals surface area contributed by atoms with Crippen LogP contribution in [0.4, 0.5) is 0 Å². The van der Waals surface area contributed by atoms with Gasteiger partial charge in [0.25, 0.3) is 0 Å².